The van der Waals surface area contributed by atoms with Gasteiger partial charge < -0.3 is 5.11 Å². The molecule has 0 radical (unpaired) electrons. The maximum absolute atomic E-state index is 10.5. The fraction of sp³-hybridized carbons (Fsp3) is 0. The van der Waals surface area contributed by atoms with E-state index >= 15 is 0 Å². The van der Waals surface area contributed by atoms with Crippen LogP contribution in [0.2, 0.25) is 0 Å². The van der Waals surface area contributed by atoms with Crippen molar-refractivity contribution in [1.29, 1.82) is 0 Å². The number of rotatable bonds is 5. The van der Waals surface area contributed by atoms with Gasteiger partial charge in [-0.2, -0.15) is 0 Å². The number of hydrogen-bond donors (Lipinski definition) is 1. The number of benzene rings is 4. The number of pyridine rings is 1. The third kappa shape index (κ3) is 4.42. The van der Waals surface area contributed by atoms with Crippen LogP contribution in [0.5, 0.6) is 5.75 Å². The molecular weight excluding hydrogens is 464 g/mol. The largest absolute Gasteiger partial charge is 0.507 e. The molecule has 0 spiro atoms. The molecule has 0 aliphatic heterocycles. The lowest BCUT2D eigenvalue weighted by atomic mass is 10.1. The lowest BCUT2D eigenvalue weighted by molar-refractivity contribution is 0.477. The highest BCUT2D eigenvalue weighted by Crippen LogP contribution is 2.34. The van der Waals surface area contributed by atoms with Gasteiger partial charge in [0.15, 0.2) is 17.5 Å². The molecule has 0 aliphatic carbocycles. The van der Waals surface area contributed by atoms with E-state index in [1.807, 2.05) is 79.0 Å². The van der Waals surface area contributed by atoms with Crippen molar-refractivity contribution >= 4 is 22.5 Å². The van der Waals surface area contributed by atoms with Crippen LogP contribution >= 0.6 is 11.8 Å². The summed E-state index contributed by atoms with van der Waals surface area (Å²) in [6.45, 7) is 0. The Morgan fingerprint density at radius 3 is 2.14 bits per heavy atom. The van der Waals surface area contributed by atoms with Crippen LogP contribution in [-0.2, 0) is 0 Å². The third-order valence-corrected chi connectivity index (χ3v) is 6.76. The van der Waals surface area contributed by atoms with Gasteiger partial charge in [-0.15, -0.1) is 0 Å². The van der Waals surface area contributed by atoms with Crippen molar-refractivity contribution in [1.82, 2.24) is 19.9 Å². The molecule has 0 amide bonds. The zero-order chi connectivity index (χ0) is 24.3. The average molecular weight is 485 g/mol. The van der Waals surface area contributed by atoms with Crippen molar-refractivity contribution in [2.45, 2.75) is 9.92 Å². The number of aromatic nitrogens is 4. The van der Waals surface area contributed by atoms with Crippen LogP contribution in [0.25, 0.3) is 44.9 Å². The van der Waals surface area contributed by atoms with Crippen LogP contribution in [0.1, 0.15) is 0 Å². The molecule has 6 aromatic rings. The van der Waals surface area contributed by atoms with Gasteiger partial charge in [0.05, 0.1) is 5.56 Å². The van der Waals surface area contributed by atoms with Gasteiger partial charge in [0.1, 0.15) is 10.8 Å². The first-order valence-electron chi connectivity index (χ1n) is 11.5. The summed E-state index contributed by atoms with van der Waals surface area (Å²) in [6, 6.07) is 35.2. The summed E-state index contributed by atoms with van der Waals surface area (Å²) < 4.78 is 0. The molecule has 172 valence electrons. The van der Waals surface area contributed by atoms with Gasteiger partial charge in [-0.05, 0) is 35.7 Å². The van der Waals surface area contributed by atoms with E-state index in [1.54, 1.807) is 23.9 Å². The van der Waals surface area contributed by atoms with E-state index in [9.17, 15) is 5.11 Å². The molecule has 0 fully saturated rings. The Balaban J connectivity index is 1.45. The van der Waals surface area contributed by atoms with Crippen LogP contribution in [0.4, 0.5) is 0 Å². The van der Waals surface area contributed by atoms with Gasteiger partial charge in [0, 0.05) is 27.6 Å². The Morgan fingerprint density at radius 1 is 0.583 bits per heavy atom. The summed E-state index contributed by atoms with van der Waals surface area (Å²) >= 11 is 1.61. The van der Waals surface area contributed by atoms with Crippen molar-refractivity contribution < 1.29 is 5.11 Å². The number of phenolic OH excluding ortho intramolecular Hbond substituents is 1. The molecule has 2 heterocycles. The number of aromatic hydroxyl groups is 1. The van der Waals surface area contributed by atoms with E-state index in [0.29, 0.717) is 23.0 Å². The molecule has 5 nitrogen and oxygen atoms in total. The fourth-order valence-corrected chi connectivity index (χ4v) is 4.95. The van der Waals surface area contributed by atoms with E-state index < -0.39 is 0 Å². The molecule has 1 N–H and O–H groups in total. The molecule has 36 heavy (non-hydrogen) atoms. The van der Waals surface area contributed by atoms with Crippen molar-refractivity contribution in [3.8, 4) is 39.9 Å². The van der Waals surface area contributed by atoms with Crippen LogP contribution in [-0.4, -0.2) is 25.0 Å². The van der Waals surface area contributed by atoms with E-state index in [0.717, 1.165) is 31.8 Å². The number of hydrogen-bond acceptors (Lipinski definition) is 6. The standard InChI is InChI=1S/C30H20N4OS/c35-26-16-7-6-15-25(26)29-33-27(21-10-2-1-3-11-21)32-28(34-29)22-12-8-13-23(19-22)36-30-24-14-5-4-9-20(24)17-18-31-30/h1-19,35H. The summed E-state index contributed by atoms with van der Waals surface area (Å²) in [6.07, 6.45) is 1.84. The Morgan fingerprint density at radius 2 is 1.28 bits per heavy atom. The number of para-hydroxylation sites is 1. The predicted octanol–water partition coefficient (Wildman–Crippen LogP) is 7.28. The highest BCUT2D eigenvalue weighted by molar-refractivity contribution is 7.99. The molecule has 0 unspecified atom stereocenters. The monoisotopic (exact) mass is 484 g/mol. The lowest BCUT2D eigenvalue weighted by Crippen LogP contribution is -2.00. The van der Waals surface area contributed by atoms with E-state index in [-0.39, 0.29) is 5.75 Å². The first-order chi connectivity index (χ1) is 17.7. The first-order valence-corrected chi connectivity index (χ1v) is 12.3. The van der Waals surface area contributed by atoms with Crippen LogP contribution in [0.15, 0.2) is 125 Å². The summed E-state index contributed by atoms with van der Waals surface area (Å²) in [7, 11) is 0. The molecule has 2 aromatic heterocycles. The highest BCUT2D eigenvalue weighted by Gasteiger charge is 2.15. The molecule has 0 aliphatic rings. The van der Waals surface area contributed by atoms with Gasteiger partial charge >= 0.3 is 0 Å². The normalized spacial score (nSPS) is 11.0. The molecular formula is C30H20N4OS. The molecule has 0 saturated heterocycles. The maximum atomic E-state index is 10.5. The molecule has 4 aromatic carbocycles. The Kier molecular flexibility index (Phi) is 5.85. The summed E-state index contributed by atoms with van der Waals surface area (Å²) in [5.41, 5.74) is 2.30. The molecule has 0 atom stereocenters. The zero-order valence-corrected chi connectivity index (χ0v) is 19.9. The Hall–Kier alpha value is -4.55. The van der Waals surface area contributed by atoms with Crippen molar-refractivity contribution in [3.63, 3.8) is 0 Å². The zero-order valence-electron chi connectivity index (χ0n) is 19.1. The lowest BCUT2D eigenvalue weighted by Gasteiger charge is -2.10. The second-order valence-electron chi connectivity index (χ2n) is 8.16. The maximum Gasteiger partial charge on any atom is 0.167 e. The van der Waals surface area contributed by atoms with Gasteiger partial charge in [-0.1, -0.05) is 90.6 Å². The molecule has 0 saturated carbocycles. The van der Waals surface area contributed by atoms with Crippen molar-refractivity contribution in [3.05, 3.63) is 115 Å². The number of nitrogens with zero attached hydrogens (tertiary/aromatic N) is 4. The quantitative estimate of drug-likeness (QED) is 0.277. The summed E-state index contributed by atoms with van der Waals surface area (Å²) in [5.74, 6) is 1.63. The average Bonchev–Trinajstić information content (AvgIpc) is 2.94. The van der Waals surface area contributed by atoms with E-state index in [1.165, 1.54) is 0 Å². The smallest absolute Gasteiger partial charge is 0.167 e. The van der Waals surface area contributed by atoms with Crippen LogP contribution in [0, 0.1) is 0 Å². The number of fused-ring (bicyclic) bond motifs is 1. The Bertz CT molecular complexity index is 1680. The SMILES string of the molecule is Oc1ccccc1-c1nc(-c2ccccc2)nc(-c2cccc(Sc3nccc4ccccc34)c2)n1. The summed E-state index contributed by atoms with van der Waals surface area (Å²) in [5, 5.41) is 13.7. The topological polar surface area (TPSA) is 71.8 Å². The van der Waals surface area contributed by atoms with Gasteiger partial charge in [0.2, 0.25) is 0 Å². The Labute approximate surface area is 212 Å². The van der Waals surface area contributed by atoms with Gasteiger partial charge in [-0.3, -0.25) is 0 Å². The second kappa shape index (κ2) is 9.60. The highest BCUT2D eigenvalue weighted by atomic mass is 32.2. The summed E-state index contributed by atoms with van der Waals surface area (Å²) in [4.78, 5) is 19.9. The second-order valence-corrected chi connectivity index (χ2v) is 9.22. The van der Waals surface area contributed by atoms with Crippen LogP contribution in [0.3, 0.4) is 0 Å². The minimum atomic E-state index is 0.125. The minimum absolute atomic E-state index is 0.125. The number of phenols is 1. The minimum Gasteiger partial charge on any atom is -0.507 e. The van der Waals surface area contributed by atoms with Crippen molar-refractivity contribution in [2.24, 2.45) is 0 Å². The molecule has 6 heteroatoms. The van der Waals surface area contributed by atoms with E-state index in [2.05, 4.69) is 34.2 Å². The third-order valence-electron chi connectivity index (χ3n) is 5.76. The fourth-order valence-electron chi connectivity index (χ4n) is 3.99. The van der Waals surface area contributed by atoms with E-state index in [4.69, 9.17) is 9.97 Å². The predicted molar refractivity (Wildman–Crippen MR) is 144 cm³/mol. The van der Waals surface area contributed by atoms with Gasteiger partial charge in [0.25, 0.3) is 0 Å². The van der Waals surface area contributed by atoms with Crippen LogP contribution < -0.4 is 0 Å². The van der Waals surface area contributed by atoms with Crippen molar-refractivity contribution in [2.75, 3.05) is 0 Å². The molecule has 6 rings (SSSR count). The first kappa shape index (κ1) is 21.9. The molecule has 0 bridgehead atoms. The van der Waals surface area contributed by atoms with Gasteiger partial charge in [-0.25, -0.2) is 19.9 Å².